The number of benzene rings is 1. The van der Waals surface area contributed by atoms with E-state index in [9.17, 15) is 8.42 Å². The van der Waals surface area contributed by atoms with Gasteiger partial charge < -0.3 is 10.6 Å². The van der Waals surface area contributed by atoms with Crippen LogP contribution >= 0.6 is 0 Å². The first kappa shape index (κ1) is 19.2. The predicted octanol–water partition coefficient (Wildman–Crippen LogP) is 2.18. The summed E-state index contributed by atoms with van der Waals surface area (Å²) < 4.78 is 27.2. The first-order valence-electron chi connectivity index (χ1n) is 9.52. The Bertz CT molecular complexity index is 726. The van der Waals surface area contributed by atoms with E-state index >= 15 is 0 Å². The summed E-state index contributed by atoms with van der Waals surface area (Å²) in [5.74, 6) is 2.00. The van der Waals surface area contributed by atoms with Crippen LogP contribution < -0.4 is 10.6 Å². The quantitative estimate of drug-likeness (QED) is 0.588. The molecule has 1 saturated heterocycles. The number of hydrogen-bond acceptors (Lipinski definition) is 3. The van der Waals surface area contributed by atoms with Crippen LogP contribution in [-0.4, -0.2) is 45.4 Å². The van der Waals surface area contributed by atoms with Gasteiger partial charge in [0, 0.05) is 33.2 Å². The summed E-state index contributed by atoms with van der Waals surface area (Å²) in [6.45, 7) is 4.94. The molecule has 0 aromatic heterocycles. The lowest BCUT2D eigenvalue weighted by atomic mass is 10.0. The van der Waals surface area contributed by atoms with Gasteiger partial charge in [-0.2, -0.15) is 4.31 Å². The SMILES string of the molecule is CN=C(NCc1ccc(S(=O)(=O)N2CCCC(C)C2)cc1)NCC1CC1. The Labute approximate surface area is 157 Å². The van der Waals surface area contributed by atoms with E-state index in [1.54, 1.807) is 23.5 Å². The van der Waals surface area contributed by atoms with Gasteiger partial charge in [-0.1, -0.05) is 19.1 Å². The highest BCUT2D eigenvalue weighted by atomic mass is 32.2. The molecule has 6 nitrogen and oxygen atoms in total. The zero-order valence-electron chi connectivity index (χ0n) is 15.7. The molecule has 2 N–H and O–H groups in total. The van der Waals surface area contributed by atoms with E-state index in [4.69, 9.17) is 0 Å². The summed E-state index contributed by atoms with van der Waals surface area (Å²) >= 11 is 0. The number of aliphatic imine (C=N–C) groups is 1. The number of piperidine rings is 1. The molecule has 1 aromatic rings. The summed E-state index contributed by atoms with van der Waals surface area (Å²) in [6.07, 6.45) is 4.65. The molecule has 1 atom stereocenters. The van der Waals surface area contributed by atoms with Crippen molar-refractivity contribution in [1.29, 1.82) is 0 Å². The maximum atomic E-state index is 12.8. The average Bonchev–Trinajstić information content (AvgIpc) is 3.47. The van der Waals surface area contributed by atoms with Crippen molar-refractivity contribution in [3.8, 4) is 0 Å². The first-order valence-corrected chi connectivity index (χ1v) is 11.0. The Morgan fingerprint density at radius 1 is 1.19 bits per heavy atom. The molecule has 2 aliphatic rings. The van der Waals surface area contributed by atoms with Crippen molar-refractivity contribution < 1.29 is 8.42 Å². The van der Waals surface area contributed by atoms with Gasteiger partial charge >= 0.3 is 0 Å². The Kier molecular flexibility index (Phi) is 6.19. The second kappa shape index (κ2) is 8.39. The Balaban J connectivity index is 1.57. The first-order chi connectivity index (χ1) is 12.5. The number of nitrogens with one attached hydrogen (secondary N) is 2. The molecule has 1 aromatic carbocycles. The van der Waals surface area contributed by atoms with Gasteiger partial charge in [-0.3, -0.25) is 4.99 Å². The third-order valence-electron chi connectivity index (χ3n) is 5.12. The van der Waals surface area contributed by atoms with Crippen LogP contribution in [-0.2, 0) is 16.6 Å². The Hall–Kier alpha value is -1.60. The molecule has 1 saturated carbocycles. The van der Waals surface area contributed by atoms with E-state index in [2.05, 4.69) is 22.5 Å². The number of hydrogen-bond donors (Lipinski definition) is 2. The maximum Gasteiger partial charge on any atom is 0.243 e. The van der Waals surface area contributed by atoms with E-state index in [1.165, 1.54) is 12.8 Å². The van der Waals surface area contributed by atoms with Gasteiger partial charge in [0.05, 0.1) is 4.90 Å². The molecular weight excluding hydrogens is 348 g/mol. The fraction of sp³-hybridized carbons (Fsp3) is 0.632. The zero-order valence-corrected chi connectivity index (χ0v) is 16.6. The standard InChI is InChI=1S/C19H30N4O2S/c1-15-4-3-11-23(14-15)26(24,25)18-9-7-17(8-10-18)13-22-19(20-2)21-12-16-5-6-16/h7-10,15-16H,3-6,11-14H2,1-2H3,(H2,20,21,22). The van der Waals surface area contributed by atoms with Crippen molar-refractivity contribution in [2.45, 2.75) is 44.0 Å². The molecule has 144 valence electrons. The van der Waals surface area contributed by atoms with E-state index in [0.29, 0.717) is 30.4 Å². The van der Waals surface area contributed by atoms with Crippen molar-refractivity contribution in [3.05, 3.63) is 29.8 Å². The van der Waals surface area contributed by atoms with Crippen LogP contribution in [0.4, 0.5) is 0 Å². The van der Waals surface area contributed by atoms with Crippen LogP contribution in [0.15, 0.2) is 34.2 Å². The summed E-state index contributed by atoms with van der Waals surface area (Å²) in [7, 11) is -1.62. The van der Waals surface area contributed by atoms with Crippen LogP contribution in [0.5, 0.6) is 0 Å². The minimum absolute atomic E-state index is 0.381. The van der Waals surface area contributed by atoms with Gasteiger partial charge in [-0.15, -0.1) is 0 Å². The summed E-state index contributed by atoms with van der Waals surface area (Å²) in [4.78, 5) is 4.60. The molecule has 1 unspecified atom stereocenters. The Morgan fingerprint density at radius 2 is 1.92 bits per heavy atom. The van der Waals surface area contributed by atoms with Crippen molar-refractivity contribution in [1.82, 2.24) is 14.9 Å². The molecule has 1 aliphatic heterocycles. The normalized spacial score (nSPS) is 22.2. The lowest BCUT2D eigenvalue weighted by Gasteiger charge is -2.30. The van der Waals surface area contributed by atoms with E-state index in [-0.39, 0.29) is 0 Å². The fourth-order valence-electron chi connectivity index (χ4n) is 3.26. The highest BCUT2D eigenvalue weighted by Gasteiger charge is 2.28. The summed E-state index contributed by atoms with van der Waals surface area (Å²) in [5, 5.41) is 6.60. The van der Waals surface area contributed by atoms with E-state index in [0.717, 1.165) is 36.8 Å². The molecule has 1 heterocycles. The molecule has 2 fully saturated rings. The van der Waals surface area contributed by atoms with Gasteiger partial charge in [0.15, 0.2) is 5.96 Å². The third-order valence-corrected chi connectivity index (χ3v) is 7.00. The van der Waals surface area contributed by atoms with Gasteiger partial charge in [0.1, 0.15) is 0 Å². The number of sulfonamides is 1. The van der Waals surface area contributed by atoms with Crippen molar-refractivity contribution in [2.24, 2.45) is 16.8 Å². The second-order valence-electron chi connectivity index (χ2n) is 7.50. The van der Waals surface area contributed by atoms with Crippen LogP contribution in [0.2, 0.25) is 0 Å². The number of rotatable bonds is 6. The van der Waals surface area contributed by atoms with Crippen molar-refractivity contribution in [3.63, 3.8) is 0 Å². The van der Waals surface area contributed by atoms with Crippen LogP contribution in [0, 0.1) is 11.8 Å². The van der Waals surface area contributed by atoms with Crippen molar-refractivity contribution >= 4 is 16.0 Å². The minimum atomic E-state index is -3.38. The van der Waals surface area contributed by atoms with E-state index < -0.39 is 10.0 Å². The molecule has 0 spiro atoms. The number of guanidine groups is 1. The monoisotopic (exact) mass is 378 g/mol. The minimum Gasteiger partial charge on any atom is -0.356 e. The van der Waals surface area contributed by atoms with Crippen LogP contribution in [0.25, 0.3) is 0 Å². The average molecular weight is 379 g/mol. The van der Waals surface area contributed by atoms with Crippen molar-refractivity contribution in [2.75, 3.05) is 26.7 Å². The zero-order chi connectivity index (χ0) is 18.6. The predicted molar refractivity (Wildman–Crippen MR) is 105 cm³/mol. The van der Waals surface area contributed by atoms with Gasteiger partial charge in [-0.25, -0.2) is 8.42 Å². The van der Waals surface area contributed by atoms with Crippen LogP contribution in [0.3, 0.4) is 0 Å². The van der Waals surface area contributed by atoms with Gasteiger partial charge in [-0.05, 0) is 55.2 Å². The maximum absolute atomic E-state index is 12.8. The van der Waals surface area contributed by atoms with Gasteiger partial charge in [0.2, 0.25) is 10.0 Å². The van der Waals surface area contributed by atoms with Crippen LogP contribution in [0.1, 0.15) is 38.2 Å². The molecule has 26 heavy (non-hydrogen) atoms. The highest BCUT2D eigenvalue weighted by molar-refractivity contribution is 7.89. The topological polar surface area (TPSA) is 73.8 Å². The summed E-state index contributed by atoms with van der Waals surface area (Å²) in [5.41, 5.74) is 1.03. The highest BCUT2D eigenvalue weighted by Crippen LogP contribution is 2.27. The smallest absolute Gasteiger partial charge is 0.243 e. The fourth-order valence-corrected chi connectivity index (χ4v) is 4.86. The lowest BCUT2D eigenvalue weighted by Crippen LogP contribution is -2.39. The third kappa shape index (κ3) is 4.98. The molecule has 1 aliphatic carbocycles. The summed E-state index contributed by atoms with van der Waals surface area (Å²) in [6, 6.07) is 7.18. The Morgan fingerprint density at radius 3 is 2.54 bits per heavy atom. The van der Waals surface area contributed by atoms with E-state index in [1.807, 2.05) is 12.1 Å². The number of nitrogens with zero attached hydrogens (tertiary/aromatic N) is 2. The molecule has 0 radical (unpaired) electrons. The second-order valence-corrected chi connectivity index (χ2v) is 9.44. The molecule has 3 rings (SSSR count). The lowest BCUT2D eigenvalue weighted by molar-refractivity contribution is 0.281. The molecule has 0 amide bonds. The molecule has 0 bridgehead atoms. The molecule has 7 heteroatoms. The largest absolute Gasteiger partial charge is 0.356 e. The van der Waals surface area contributed by atoms with Gasteiger partial charge in [0.25, 0.3) is 0 Å². The molecular formula is C19H30N4O2S.